The minimum absolute atomic E-state index is 0.0123. The lowest BCUT2D eigenvalue weighted by Gasteiger charge is -2.35. The second-order valence-corrected chi connectivity index (χ2v) is 7.54. The van der Waals surface area contributed by atoms with Crippen molar-refractivity contribution in [2.75, 3.05) is 10.6 Å². The number of rotatable bonds is 3. The number of allylic oxidation sites excluding steroid dienone is 2. The molecule has 1 amide bonds. The van der Waals surface area contributed by atoms with Crippen LogP contribution in [0.5, 0.6) is 0 Å². The molecule has 7 heteroatoms. The number of halogens is 2. The SMILES string of the molecule is O=C(Nc1ccc2c(c1)[C@@H]1C=CC[C@@H]1[C@@H](C(=O)O)N2)c1ccc(Cl)cc1Cl. The molecule has 0 unspecified atom stereocenters. The van der Waals surface area contributed by atoms with Crippen LogP contribution in [0.1, 0.15) is 28.3 Å². The maximum absolute atomic E-state index is 12.5. The zero-order valence-electron chi connectivity index (χ0n) is 14.1. The van der Waals surface area contributed by atoms with Gasteiger partial charge in [-0.2, -0.15) is 0 Å². The fourth-order valence-corrected chi connectivity index (χ4v) is 4.28. The summed E-state index contributed by atoms with van der Waals surface area (Å²) in [7, 11) is 0. The predicted molar refractivity (Wildman–Crippen MR) is 106 cm³/mol. The van der Waals surface area contributed by atoms with Crippen LogP contribution < -0.4 is 10.6 Å². The van der Waals surface area contributed by atoms with E-state index >= 15 is 0 Å². The average molecular weight is 403 g/mol. The van der Waals surface area contributed by atoms with E-state index < -0.39 is 12.0 Å². The molecule has 3 N–H and O–H groups in total. The Morgan fingerprint density at radius 1 is 1.15 bits per heavy atom. The third kappa shape index (κ3) is 3.29. The Hall–Kier alpha value is -2.50. The van der Waals surface area contributed by atoms with Gasteiger partial charge in [0.1, 0.15) is 6.04 Å². The second-order valence-electron chi connectivity index (χ2n) is 6.69. The number of aliphatic carboxylic acids is 1. The zero-order chi connectivity index (χ0) is 19.1. The number of carboxylic acids is 1. The number of hydrogen-bond acceptors (Lipinski definition) is 3. The summed E-state index contributed by atoms with van der Waals surface area (Å²) in [5.41, 5.74) is 2.71. The third-order valence-corrected chi connectivity index (χ3v) is 5.61. The van der Waals surface area contributed by atoms with Crippen molar-refractivity contribution in [2.24, 2.45) is 5.92 Å². The average Bonchev–Trinajstić information content (AvgIpc) is 3.10. The molecule has 4 rings (SSSR count). The van der Waals surface area contributed by atoms with Gasteiger partial charge in [0.25, 0.3) is 5.91 Å². The Balaban J connectivity index is 1.62. The van der Waals surface area contributed by atoms with Gasteiger partial charge in [-0.25, -0.2) is 4.79 Å². The van der Waals surface area contributed by atoms with E-state index in [0.717, 1.165) is 11.3 Å². The van der Waals surface area contributed by atoms with E-state index in [1.54, 1.807) is 24.3 Å². The smallest absolute Gasteiger partial charge is 0.326 e. The van der Waals surface area contributed by atoms with Gasteiger partial charge in [0.2, 0.25) is 0 Å². The van der Waals surface area contributed by atoms with Crippen LogP contribution in [-0.2, 0) is 4.79 Å². The number of nitrogens with one attached hydrogen (secondary N) is 2. The predicted octanol–water partition coefficient (Wildman–Crippen LogP) is 4.78. The molecule has 0 fully saturated rings. The molecule has 0 radical (unpaired) electrons. The molecule has 1 heterocycles. The van der Waals surface area contributed by atoms with Crippen molar-refractivity contribution in [3.8, 4) is 0 Å². The van der Waals surface area contributed by atoms with E-state index in [9.17, 15) is 14.7 Å². The number of hydrogen-bond donors (Lipinski definition) is 3. The summed E-state index contributed by atoms with van der Waals surface area (Å²) >= 11 is 12.0. The first-order chi connectivity index (χ1) is 12.9. The van der Waals surface area contributed by atoms with Gasteiger partial charge < -0.3 is 15.7 Å². The maximum Gasteiger partial charge on any atom is 0.326 e. The van der Waals surface area contributed by atoms with Crippen LogP contribution in [0.25, 0.3) is 0 Å². The lowest BCUT2D eigenvalue weighted by Crippen LogP contribution is -2.41. The molecular weight excluding hydrogens is 387 g/mol. The molecule has 2 aromatic carbocycles. The Bertz CT molecular complexity index is 974. The summed E-state index contributed by atoms with van der Waals surface area (Å²) in [4.78, 5) is 24.1. The molecular formula is C20H16Cl2N2O3. The van der Waals surface area contributed by atoms with Gasteiger partial charge in [-0.05, 0) is 48.4 Å². The fourth-order valence-electron chi connectivity index (χ4n) is 3.79. The van der Waals surface area contributed by atoms with Crippen LogP contribution in [0.2, 0.25) is 10.0 Å². The summed E-state index contributed by atoms with van der Waals surface area (Å²) < 4.78 is 0. The maximum atomic E-state index is 12.5. The highest BCUT2D eigenvalue weighted by atomic mass is 35.5. The largest absolute Gasteiger partial charge is 0.480 e. The summed E-state index contributed by atoms with van der Waals surface area (Å²) in [5, 5.41) is 16.2. The highest BCUT2D eigenvalue weighted by Gasteiger charge is 2.40. The van der Waals surface area contributed by atoms with E-state index in [2.05, 4.69) is 10.6 Å². The van der Waals surface area contributed by atoms with Gasteiger partial charge in [0, 0.05) is 28.2 Å². The number of carbonyl (C=O) groups excluding carboxylic acids is 1. The van der Waals surface area contributed by atoms with Gasteiger partial charge in [-0.15, -0.1) is 0 Å². The zero-order valence-corrected chi connectivity index (χ0v) is 15.6. The number of fused-ring (bicyclic) bond motifs is 3. The van der Waals surface area contributed by atoms with E-state index in [1.165, 1.54) is 6.07 Å². The number of benzene rings is 2. The van der Waals surface area contributed by atoms with Gasteiger partial charge in [0.15, 0.2) is 0 Å². The van der Waals surface area contributed by atoms with Crippen LogP contribution in [0.15, 0.2) is 48.6 Å². The van der Waals surface area contributed by atoms with Crippen molar-refractivity contribution in [1.82, 2.24) is 0 Å². The lowest BCUT2D eigenvalue weighted by atomic mass is 9.79. The van der Waals surface area contributed by atoms with Gasteiger partial charge >= 0.3 is 5.97 Å². The molecule has 3 atom stereocenters. The molecule has 1 aliphatic heterocycles. The minimum Gasteiger partial charge on any atom is -0.480 e. The second kappa shape index (κ2) is 6.91. The molecule has 0 spiro atoms. The van der Waals surface area contributed by atoms with Crippen molar-refractivity contribution < 1.29 is 14.7 Å². The number of carbonyl (C=O) groups is 2. The first-order valence-corrected chi connectivity index (χ1v) is 9.26. The molecule has 0 bridgehead atoms. The van der Waals surface area contributed by atoms with Crippen LogP contribution in [0, 0.1) is 5.92 Å². The molecule has 1 aliphatic carbocycles. The Morgan fingerprint density at radius 3 is 2.70 bits per heavy atom. The summed E-state index contributed by atoms with van der Waals surface area (Å²) in [6, 6.07) is 9.51. The van der Waals surface area contributed by atoms with Gasteiger partial charge in [-0.3, -0.25) is 4.79 Å². The van der Waals surface area contributed by atoms with Crippen LogP contribution in [-0.4, -0.2) is 23.0 Å². The molecule has 5 nitrogen and oxygen atoms in total. The number of amides is 1. The topological polar surface area (TPSA) is 78.4 Å². The van der Waals surface area contributed by atoms with Crippen molar-refractivity contribution >= 4 is 46.5 Å². The first-order valence-electron chi connectivity index (χ1n) is 8.50. The van der Waals surface area contributed by atoms with E-state index in [-0.39, 0.29) is 22.8 Å². The summed E-state index contributed by atoms with van der Waals surface area (Å²) in [5.74, 6) is -1.21. The lowest BCUT2D eigenvalue weighted by molar-refractivity contribution is -0.139. The Morgan fingerprint density at radius 2 is 1.96 bits per heavy atom. The number of carboxylic acid groups (broad SMARTS) is 1. The monoisotopic (exact) mass is 402 g/mol. The number of anilines is 2. The highest BCUT2D eigenvalue weighted by molar-refractivity contribution is 6.37. The van der Waals surface area contributed by atoms with Crippen molar-refractivity contribution in [2.45, 2.75) is 18.4 Å². The van der Waals surface area contributed by atoms with Crippen molar-refractivity contribution in [3.05, 3.63) is 69.7 Å². The molecule has 2 aliphatic rings. The van der Waals surface area contributed by atoms with E-state index in [4.69, 9.17) is 23.2 Å². The Labute approximate surface area is 166 Å². The van der Waals surface area contributed by atoms with Crippen LogP contribution in [0.4, 0.5) is 11.4 Å². The first kappa shape index (κ1) is 17.9. The van der Waals surface area contributed by atoms with Crippen LogP contribution in [0.3, 0.4) is 0 Å². The van der Waals surface area contributed by atoms with Gasteiger partial charge in [-0.1, -0.05) is 35.4 Å². The van der Waals surface area contributed by atoms with Crippen LogP contribution >= 0.6 is 23.2 Å². The normalized spacial score (nSPS) is 22.5. The molecule has 0 saturated heterocycles. The summed E-state index contributed by atoms with van der Waals surface area (Å²) in [6.07, 6.45) is 4.77. The van der Waals surface area contributed by atoms with E-state index in [0.29, 0.717) is 22.7 Å². The molecule has 2 aromatic rings. The third-order valence-electron chi connectivity index (χ3n) is 5.06. The quantitative estimate of drug-likeness (QED) is 0.645. The summed E-state index contributed by atoms with van der Waals surface area (Å²) in [6.45, 7) is 0. The fraction of sp³-hybridized carbons (Fsp3) is 0.200. The Kier molecular flexibility index (Phi) is 4.58. The van der Waals surface area contributed by atoms with E-state index in [1.807, 2.05) is 18.2 Å². The highest BCUT2D eigenvalue weighted by Crippen LogP contribution is 2.45. The van der Waals surface area contributed by atoms with Gasteiger partial charge in [0.05, 0.1) is 10.6 Å². The molecule has 138 valence electrons. The van der Waals surface area contributed by atoms with Crippen molar-refractivity contribution in [1.29, 1.82) is 0 Å². The van der Waals surface area contributed by atoms with Crippen molar-refractivity contribution in [3.63, 3.8) is 0 Å². The standard InChI is InChI=1S/C20H16Cl2N2O3/c21-10-4-6-14(16(22)8-10)19(25)23-11-5-7-17-15(9-11)12-2-1-3-13(12)18(24-17)20(26)27/h1-2,4-9,12-13,18,24H,3H2,(H,23,25)(H,26,27)/t12-,13+,18+/m1/s1. The minimum atomic E-state index is -0.853. The molecule has 0 saturated carbocycles. The molecule has 27 heavy (non-hydrogen) atoms. The molecule has 0 aromatic heterocycles.